The second-order valence-electron chi connectivity index (χ2n) is 3.73. The van der Waals surface area contributed by atoms with E-state index in [4.69, 9.17) is 0 Å². The van der Waals surface area contributed by atoms with Gasteiger partial charge in [-0.25, -0.2) is 8.51 Å². The highest BCUT2D eigenvalue weighted by molar-refractivity contribution is 14.1. The van der Waals surface area contributed by atoms with Crippen molar-refractivity contribution in [1.82, 2.24) is 4.31 Å². The molecule has 0 radical (unpaired) electrons. The molecule has 1 aliphatic carbocycles. The molecule has 4 heteroatoms. The van der Waals surface area contributed by atoms with Gasteiger partial charge in [-0.2, -0.15) is 0 Å². The molecule has 2 fully saturated rings. The van der Waals surface area contributed by atoms with E-state index in [9.17, 15) is 4.21 Å². The first kappa shape index (κ1) is 8.44. The predicted octanol–water partition coefficient (Wildman–Crippen LogP) is 1.18. The fourth-order valence-corrected chi connectivity index (χ4v) is 4.80. The summed E-state index contributed by atoms with van der Waals surface area (Å²) in [7, 11) is -0.718. The van der Waals surface area contributed by atoms with Crippen LogP contribution in [0.2, 0.25) is 0 Å². The lowest BCUT2D eigenvalue weighted by atomic mass is 9.65. The number of alkyl halides is 1. The van der Waals surface area contributed by atoms with E-state index >= 15 is 0 Å². The molecule has 1 heterocycles. The van der Waals surface area contributed by atoms with E-state index in [1.165, 1.54) is 12.8 Å². The van der Waals surface area contributed by atoms with E-state index in [2.05, 4.69) is 26.9 Å². The zero-order chi connectivity index (χ0) is 8.06. The molecule has 0 amide bonds. The molecular weight excluding hydrogens is 273 g/mol. The Kier molecular flexibility index (Phi) is 2.05. The van der Waals surface area contributed by atoms with Gasteiger partial charge in [0.2, 0.25) is 0 Å². The highest BCUT2D eigenvalue weighted by Gasteiger charge is 2.52. The lowest BCUT2D eigenvalue weighted by Gasteiger charge is -2.56. The maximum Gasteiger partial charge on any atom is 0.0911 e. The monoisotopic (exact) mass is 285 g/mol. The van der Waals surface area contributed by atoms with Crippen molar-refractivity contribution >= 4 is 33.6 Å². The van der Waals surface area contributed by atoms with E-state index < -0.39 is 11.0 Å². The topological polar surface area (TPSA) is 20.3 Å². The summed E-state index contributed by atoms with van der Waals surface area (Å²) in [5.41, 5.74) is 0.595. The molecule has 0 aromatic carbocycles. The number of hydrogen-bond donors (Lipinski definition) is 0. The second-order valence-corrected chi connectivity index (χ2v) is 6.85. The number of nitrogens with zero attached hydrogens (tertiary/aromatic N) is 1. The lowest BCUT2D eigenvalue weighted by Crippen LogP contribution is -2.62. The first-order valence-electron chi connectivity index (χ1n) is 3.84. The van der Waals surface area contributed by atoms with Gasteiger partial charge in [0.15, 0.2) is 0 Å². The Morgan fingerprint density at radius 3 is 2.45 bits per heavy atom. The predicted molar refractivity (Wildman–Crippen MR) is 55.1 cm³/mol. The quantitative estimate of drug-likeness (QED) is 0.523. The van der Waals surface area contributed by atoms with Crippen LogP contribution >= 0.6 is 22.6 Å². The average Bonchev–Trinajstić information content (AvgIpc) is 1.73. The van der Waals surface area contributed by atoms with E-state index in [1.54, 1.807) is 6.26 Å². The molecule has 1 unspecified atom stereocenters. The number of rotatable bonds is 1. The third-order valence-electron chi connectivity index (χ3n) is 2.70. The molecule has 64 valence electrons. The Balaban J connectivity index is 1.84. The molecule has 0 aromatic rings. The number of halogens is 1. The third kappa shape index (κ3) is 1.37. The molecule has 0 N–H and O–H groups in total. The molecule has 1 saturated carbocycles. The van der Waals surface area contributed by atoms with Gasteiger partial charge in [0.25, 0.3) is 0 Å². The lowest BCUT2D eigenvalue weighted by molar-refractivity contribution is 0.00509. The van der Waals surface area contributed by atoms with Crippen LogP contribution in [0.1, 0.15) is 12.8 Å². The maximum atomic E-state index is 11.0. The first-order chi connectivity index (χ1) is 5.11. The summed E-state index contributed by atoms with van der Waals surface area (Å²) in [6, 6.07) is 0. The zero-order valence-corrected chi connectivity index (χ0v) is 9.52. The minimum Gasteiger partial charge on any atom is -0.243 e. The molecule has 2 rings (SSSR count). The van der Waals surface area contributed by atoms with Gasteiger partial charge in [0, 0.05) is 23.3 Å². The minimum absolute atomic E-state index is 0.595. The van der Waals surface area contributed by atoms with Gasteiger partial charge in [-0.15, -0.1) is 0 Å². The molecule has 2 nitrogen and oxygen atoms in total. The molecular formula is C7H12INOS. The Bertz CT molecular complexity index is 195. The van der Waals surface area contributed by atoms with Crippen LogP contribution < -0.4 is 0 Å². The van der Waals surface area contributed by atoms with E-state index in [0.29, 0.717) is 5.41 Å². The van der Waals surface area contributed by atoms with Crippen molar-refractivity contribution < 1.29 is 4.21 Å². The highest BCUT2D eigenvalue weighted by Crippen LogP contribution is 2.51. The van der Waals surface area contributed by atoms with Crippen LogP contribution in [-0.4, -0.2) is 31.8 Å². The van der Waals surface area contributed by atoms with Gasteiger partial charge in [-0.3, -0.25) is 0 Å². The maximum absolute atomic E-state index is 11.0. The summed E-state index contributed by atoms with van der Waals surface area (Å²) in [5.74, 6) is 0. The fourth-order valence-electron chi connectivity index (χ4n) is 2.02. The normalized spacial score (nSPS) is 32.9. The minimum atomic E-state index is -0.718. The van der Waals surface area contributed by atoms with Crippen molar-refractivity contribution in [2.45, 2.75) is 16.8 Å². The van der Waals surface area contributed by atoms with Crippen molar-refractivity contribution in [1.29, 1.82) is 0 Å². The highest BCUT2D eigenvalue weighted by atomic mass is 127. The van der Waals surface area contributed by atoms with E-state index in [-0.39, 0.29) is 0 Å². The van der Waals surface area contributed by atoms with Crippen LogP contribution in [0.5, 0.6) is 0 Å². The molecule has 1 atom stereocenters. The summed E-state index contributed by atoms with van der Waals surface area (Å²) in [5, 5.41) is 0. The van der Waals surface area contributed by atoms with Crippen LogP contribution in [0.15, 0.2) is 0 Å². The Labute approximate surface area is 83.4 Å². The zero-order valence-electron chi connectivity index (χ0n) is 6.55. The summed E-state index contributed by atoms with van der Waals surface area (Å²) in [6.07, 6.45) is 4.47. The fraction of sp³-hybridized carbons (Fsp3) is 1.00. The molecule has 1 saturated heterocycles. The van der Waals surface area contributed by atoms with Gasteiger partial charge < -0.3 is 0 Å². The molecule has 2 aliphatic rings. The largest absolute Gasteiger partial charge is 0.243 e. The summed E-state index contributed by atoms with van der Waals surface area (Å²) < 4.78 is 13.9. The SMILES string of the molecule is CS(=O)N1CC2(CC(I)C2)C1. The van der Waals surface area contributed by atoms with Crippen LogP contribution in [0.3, 0.4) is 0 Å². The molecule has 1 spiro atoms. The van der Waals surface area contributed by atoms with Crippen molar-refractivity contribution in [3.63, 3.8) is 0 Å². The number of hydrogen-bond acceptors (Lipinski definition) is 1. The van der Waals surface area contributed by atoms with E-state index in [1.807, 2.05) is 0 Å². The first-order valence-corrected chi connectivity index (χ1v) is 6.60. The third-order valence-corrected chi connectivity index (χ3v) is 4.56. The van der Waals surface area contributed by atoms with Crippen molar-refractivity contribution in [2.75, 3.05) is 19.3 Å². The van der Waals surface area contributed by atoms with Crippen LogP contribution in [-0.2, 0) is 11.0 Å². The van der Waals surface area contributed by atoms with Gasteiger partial charge in [0.1, 0.15) is 0 Å². The van der Waals surface area contributed by atoms with Gasteiger partial charge in [-0.1, -0.05) is 22.6 Å². The average molecular weight is 285 g/mol. The van der Waals surface area contributed by atoms with Gasteiger partial charge in [-0.05, 0) is 18.3 Å². The Hall–Kier alpha value is 0.840. The van der Waals surface area contributed by atoms with Crippen molar-refractivity contribution in [3.05, 3.63) is 0 Å². The summed E-state index contributed by atoms with van der Waals surface area (Å²) in [6.45, 7) is 2.16. The van der Waals surface area contributed by atoms with Crippen molar-refractivity contribution in [3.8, 4) is 0 Å². The Morgan fingerprint density at radius 1 is 1.55 bits per heavy atom. The van der Waals surface area contributed by atoms with Crippen LogP contribution in [0.25, 0.3) is 0 Å². The molecule has 11 heavy (non-hydrogen) atoms. The summed E-state index contributed by atoms with van der Waals surface area (Å²) in [4.78, 5) is 0. The second kappa shape index (κ2) is 2.67. The smallest absolute Gasteiger partial charge is 0.0911 e. The van der Waals surface area contributed by atoms with Gasteiger partial charge in [0.05, 0.1) is 11.0 Å². The molecule has 1 aliphatic heterocycles. The van der Waals surface area contributed by atoms with Crippen LogP contribution in [0, 0.1) is 5.41 Å². The summed E-state index contributed by atoms with van der Waals surface area (Å²) >= 11 is 2.51. The standard InChI is InChI=1S/C7H12INOS/c1-11(10)9-4-7(5-9)2-6(8)3-7/h6H,2-5H2,1H3. The molecule has 0 bridgehead atoms. The Morgan fingerprint density at radius 2 is 2.09 bits per heavy atom. The van der Waals surface area contributed by atoms with E-state index in [0.717, 1.165) is 17.0 Å². The van der Waals surface area contributed by atoms with Gasteiger partial charge >= 0.3 is 0 Å². The van der Waals surface area contributed by atoms with Crippen LogP contribution in [0.4, 0.5) is 0 Å². The van der Waals surface area contributed by atoms with Crippen molar-refractivity contribution in [2.24, 2.45) is 5.41 Å². The molecule has 0 aromatic heterocycles.